The minimum atomic E-state index is -4.57. The zero-order valence-electron chi connectivity index (χ0n) is 10.2. The predicted octanol–water partition coefficient (Wildman–Crippen LogP) is 1.86. The number of rotatable bonds is 4. The molecule has 0 aliphatic heterocycles. The van der Waals surface area contributed by atoms with Gasteiger partial charge in [0.2, 0.25) is 0 Å². The average molecular weight is 314 g/mol. The first-order chi connectivity index (χ1) is 9.81. The van der Waals surface area contributed by atoms with E-state index in [0.717, 1.165) is 30.3 Å². The molecule has 6 nitrogen and oxygen atoms in total. The number of pyridine rings is 1. The van der Waals surface area contributed by atoms with E-state index in [0.29, 0.717) is 0 Å². The predicted molar refractivity (Wildman–Crippen MR) is 68.4 cm³/mol. The molecular weight excluding hydrogens is 306 g/mol. The second-order valence-corrected chi connectivity index (χ2v) is 5.49. The summed E-state index contributed by atoms with van der Waals surface area (Å²) in [5.74, 6) is -4.26. The Hall–Kier alpha value is -2.55. The van der Waals surface area contributed by atoms with Gasteiger partial charge < -0.3 is 5.11 Å². The quantitative estimate of drug-likeness (QED) is 0.898. The molecule has 0 radical (unpaired) electrons. The van der Waals surface area contributed by atoms with Crippen molar-refractivity contribution < 1.29 is 27.1 Å². The van der Waals surface area contributed by atoms with E-state index >= 15 is 0 Å². The molecule has 1 heterocycles. The fourth-order valence-electron chi connectivity index (χ4n) is 1.54. The maximum absolute atomic E-state index is 13.5. The van der Waals surface area contributed by atoms with E-state index in [-0.39, 0.29) is 5.82 Å². The number of nitrogens with zero attached hydrogens (tertiary/aromatic N) is 1. The van der Waals surface area contributed by atoms with Crippen LogP contribution in [0.1, 0.15) is 10.5 Å². The zero-order valence-corrected chi connectivity index (χ0v) is 11.1. The highest BCUT2D eigenvalue weighted by atomic mass is 32.2. The van der Waals surface area contributed by atoms with Gasteiger partial charge in [0.15, 0.2) is 10.6 Å². The van der Waals surface area contributed by atoms with Gasteiger partial charge >= 0.3 is 5.97 Å². The molecule has 0 spiro atoms. The van der Waals surface area contributed by atoms with Crippen LogP contribution in [-0.2, 0) is 10.0 Å². The van der Waals surface area contributed by atoms with E-state index in [1.165, 1.54) is 6.07 Å². The number of benzene rings is 1. The summed E-state index contributed by atoms with van der Waals surface area (Å²) in [4.78, 5) is 13.1. The first-order valence-corrected chi connectivity index (χ1v) is 6.97. The molecule has 2 aromatic rings. The van der Waals surface area contributed by atoms with Gasteiger partial charge in [-0.15, -0.1) is 0 Å². The van der Waals surface area contributed by atoms with Crippen LogP contribution >= 0.6 is 0 Å². The number of nitrogens with one attached hydrogen (secondary N) is 1. The molecule has 0 bridgehead atoms. The minimum absolute atomic E-state index is 0.363. The van der Waals surface area contributed by atoms with E-state index in [1.807, 2.05) is 4.72 Å². The fourth-order valence-corrected chi connectivity index (χ4v) is 2.68. The van der Waals surface area contributed by atoms with Crippen LogP contribution in [0, 0.1) is 11.6 Å². The van der Waals surface area contributed by atoms with Gasteiger partial charge in [-0.25, -0.2) is 27.0 Å². The maximum Gasteiger partial charge on any atom is 0.354 e. The second kappa shape index (κ2) is 5.44. The van der Waals surface area contributed by atoms with Crippen molar-refractivity contribution in [2.75, 3.05) is 4.72 Å². The summed E-state index contributed by atoms with van der Waals surface area (Å²) < 4.78 is 52.7. The summed E-state index contributed by atoms with van der Waals surface area (Å²) in [5.41, 5.74) is -0.413. The molecule has 2 rings (SSSR count). The lowest BCUT2D eigenvalue weighted by Gasteiger charge is -2.09. The van der Waals surface area contributed by atoms with E-state index in [4.69, 9.17) is 5.11 Å². The van der Waals surface area contributed by atoms with Crippen molar-refractivity contribution >= 4 is 21.8 Å². The van der Waals surface area contributed by atoms with Crippen molar-refractivity contribution in [2.24, 2.45) is 0 Å². The van der Waals surface area contributed by atoms with Gasteiger partial charge in [-0.2, -0.15) is 0 Å². The Bertz CT molecular complexity index is 788. The Balaban J connectivity index is 2.43. The number of carboxylic acid groups (broad SMARTS) is 1. The topological polar surface area (TPSA) is 96.4 Å². The first kappa shape index (κ1) is 14.9. The van der Waals surface area contributed by atoms with Crippen LogP contribution in [0.3, 0.4) is 0 Å². The molecule has 0 amide bonds. The number of carbonyl (C=O) groups is 1. The second-order valence-electron chi connectivity index (χ2n) is 3.87. The Morgan fingerprint density at radius 2 is 1.67 bits per heavy atom. The monoisotopic (exact) mass is 314 g/mol. The van der Waals surface area contributed by atoms with Gasteiger partial charge in [-0.3, -0.25) is 4.72 Å². The van der Waals surface area contributed by atoms with Crippen LogP contribution in [0.2, 0.25) is 0 Å². The summed E-state index contributed by atoms with van der Waals surface area (Å²) in [6.45, 7) is 0. The van der Waals surface area contributed by atoms with Crippen LogP contribution in [0.15, 0.2) is 41.3 Å². The van der Waals surface area contributed by atoms with Crippen LogP contribution < -0.4 is 4.72 Å². The normalized spacial score (nSPS) is 11.1. The highest BCUT2D eigenvalue weighted by Gasteiger charge is 2.24. The third kappa shape index (κ3) is 3.14. The van der Waals surface area contributed by atoms with Gasteiger partial charge in [0, 0.05) is 0 Å². The van der Waals surface area contributed by atoms with E-state index in [2.05, 4.69) is 4.98 Å². The summed E-state index contributed by atoms with van der Waals surface area (Å²) in [6.07, 6.45) is 0. The van der Waals surface area contributed by atoms with Crippen molar-refractivity contribution in [3.05, 3.63) is 53.7 Å². The molecule has 1 aromatic carbocycles. The molecular formula is C12H8F2N2O4S. The van der Waals surface area contributed by atoms with E-state index in [1.54, 1.807) is 0 Å². The van der Waals surface area contributed by atoms with E-state index in [9.17, 15) is 22.0 Å². The van der Waals surface area contributed by atoms with Gasteiger partial charge in [0.25, 0.3) is 10.0 Å². The Labute approximate surface area is 118 Å². The molecule has 2 N–H and O–H groups in total. The number of aromatic carboxylic acids is 1. The number of anilines is 1. The highest BCUT2D eigenvalue weighted by molar-refractivity contribution is 7.92. The van der Waals surface area contributed by atoms with Crippen molar-refractivity contribution in [1.82, 2.24) is 4.98 Å². The lowest BCUT2D eigenvalue weighted by molar-refractivity contribution is 0.0690. The molecule has 110 valence electrons. The average Bonchev–Trinajstić information content (AvgIpc) is 2.37. The summed E-state index contributed by atoms with van der Waals surface area (Å²) in [7, 11) is -4.57. The number of halogens is 2. The van der Waals surface area contributed by atoms with Crippen molar-refractivity contribution in [1.29, 1.82) is 0 Å². The lowest BCUT2D eigenvalue weighted by Crippen LogP contribution is -2.17. The molecule has 0 unspecified atom stereocenters. The molecule has 0 fully saturated rings. The fraction of sp³-hybridized carbons (Fsp3) is 0. The number of hydrogen-bond acceptors (Lipinski definition) is 4. The van der Waals surface area contributed by atoms with Crippen LogP contribution in [0.4, 0.5) is 14.6 Å². The van der Waals surface area contributed by atoms with Crippen molar-refractivity contribution in [2.45, 2.75) is 4.90 Å². The number of sulfonamides is 1. The Morgan fingerprint density at radius 1 is 1.10 bits per heavy atom. The highest BCUT2D eigenvalue weighted by Crippen LogP contribution is 2.21. The molecule has 0 saturated carbocycles. The third-order valence-corrected chi connectivity index (χ3v) is 3.80. The number of carboxylic acids is 1. The smallest absolute Gasteiger partial charge is 0.354 e. The van der Waals surface area contributed by atoms with Gasteiger partial charge in [-0.1, -0.05) is 12.1 Å². The standard InChI is InChI=1S/C12H8F2N2O4S/c13-7-3-1-4-8(14)11(7)21(19,20)16-10-6-2-5-9(15-10)12(17)18/h1-6H,(H,15,16)(H,17,18). The molecule has 0 aliphatic carbocycles. The van der Waals surface area contributed by atoms with E-state index < -0.39 is 38.2 Å². The first-order valence-electron chi connectivity index (χ1n) is 5.48. The van der Waals surface area contributed by atoms with Gasteiger partial charge in [0.1, 0.15) is 17.5 Å². The van der Waals surface area contributed by atoms with Crippen LogP contribution in [-0.4, -0.2) is 24.5 Å². The molecule has 0 aliphatic rings. The van der Waals surface area contributed by atoms with Gasteiger partial charge in [-0.05, 0) is 24.3 Å². The Kier molecular flexibility index (Phi) is 3.85. The van der Waals surface area contributed by atoms with Crippen molar-refractivity contribution in [3.8, 4) is 0 Å². The molecule has 0 atom stereocenters. The number of hydrogen-bond donors (Lipinski definition) is 2. The molecule has 0 saturated heterocycles. The SMILES string of the molecule is O=C(O)c1cccc(NS(=O)(=O)c2c(F)cccc2F)n1. The zero-order chi connectivity index (χ0) is 15.6. The summed E-state index contributed by atoms with van der Waals surface area (Å²) >= 11 is 0. The van der Waals surface area contributed by atoms with Crippen LogP contribution in [0.25, 0.3) is 0 Å². The molecule has 1 aromatic heterocycles. The largest absolute Gasteiger partial charge is 0.477 e. The summed E-state index contributed by atoms with van der Waals surface area (Å²) in [5, 5.41) is 8.75. The summed E-state index contributed by atoms with van der Waals surface area (Å²) in [6, 6.07) is 6.14. The Morgan fingerprint density at radius 3 is 2.24 bits per heavy atom. The minimum Gasteiger partial charge on any atom is -0.477 e. The van der Waals surface area contributed by atoms with Crippen molar-refractivity contribution in [3.63, 3.8) is 0 Å². The molecule has 9 heteroatoms. The maximum atomic E-state index is 13.5. The van der Waals surface area contributed by atoms with Gasteiger partial charge in [0.05, 0.1) is 0 Å². The van der Waals surface area contributed by atoms with Crippen LogP contribution in [0.5, 0.6) is 0 Å². The number of aromatic nitrogens is 1. The molecule has 21 heavy (non-hydrogen) atoms. The lowest BCUT2D eigenvalue weighted by atomic mass is 10.3. The third-order valence-electron chi connectivity index (χ3n) is 2.39.